The van der Waals surface area contributed by atoms with Crippen LogP contribution in [0.4, 0.5) is 0 Å². The van der Waals surface area contributed by atoms with E-state index >= 15 is 0 Å². The fraction of sp³-hybridized carbons (Fsp3) is 0.200. The first kappa shape index (κ1) is 16.8. The molecule has 0 bridgehead atoms. The summed E-state index contributed by atoms with van der Waals surface area (Å²) in [4.78, 5) is 12.1. The van der Waals surface area contributed by atoms with Crippen molar-refractivity contribution in [2.24, 2.45) is 0 Å². The van der Waals surface area contributed by atoms with Crippen LogP contribution in [0.2, 0.25) is 0 Å². The summed E-state index contributed by atoms with van der Waals surface area (Å²) in [6.07, 6.45) is 4.50. The van der Waals surface area contributed by atoms with Gasteiger partial charge in [0.15, 0.2) is 0 Å². The zero-order valence-electron chi connectivity index (χ0n) is 14.0. The van der Waals surface area contributed by atoms with Gasteiger partial charge in [-0.25, -0.2) is 0 Å². The lowest BCUT2D eigenvalue weighted by Gasteiger charge is -2.08. The van der Waals surface area contributed by atoms with Gasteiger partial charge in [-0.05, 0) is 42.3 Å². The molecule has 3 aromatic rings. The third-order valence-electron chi connectivity index (χ3n) is 3.77. The molecular formula is C20H21N3O2. The molecule has 1 aromatic heterocycles. The van der Waals surface area contributed by atoms with Crippen LogP contribution < -0.4 is 10.1 Å². The first-order valence-corrected chi connectivity index (χ1v) is 8.34. The number of ether oxygens (including phenoxy) is 1. The molecule has 0 aliphatic carbocycles. The maximum Gasteiger partial charge on any atom is 0.251 e. The molecule has 5 nitrogen and oxygen atoms in total. The van der Waals surface area contributed by atoms with Gasteiger partial charge in [-0.1, -0.05) is 30.3 Å². The molecule has 0 unspecified atom stereocenters. The van der Waals surface area contributed by atoms with Crippen molar-refractivity contribution in [2.75, 3.05) is 6.54 Å². The minimum Gasteiger partial charge on any atom is -0.489 e. The lowest BCUT2D eigenvalue weighted by Crippen LogP contribution is -2.25. The van der Waals surface area contributed by atoms with E-state index in [0.29, 0.717) is 18.7 Å². The van der Waals surface area contributed by atoms with E-state index in [9.17, 15) is 4.79 Å². The zero-order chi connectivity index (χ0) is 17.3. The highest BCUT2D eigenvalue weighted by Gasteiger charge is 2.05. The molecule has 128 valence electrons. The number of nitrogens with one attached hydrogen (secondary N) is 1. The van der Waals surface area contributed by atoms with E-state index in [-0.39, 0.29) is 5.91 Å². The van der Waals surface area contributed by atoms with Crippen LogP contribution in [0.15, 0.2) is 73.1 Å². The Hall–Kier alpha value is -3.08. The highest BCUT2D eigenvalue weighted by molar-refractivity contribution is 5.94. The van der Waals surface area contributed by atoms with E-state index < -0.39 is 0 Å². The number of nitrogens with zero attached hydrogens (tertiary/aromatic N) is 2. The number of aryl methyl sites for hydroxylation is 1. The van der Waals surface area contributed by atoms with E-state index in [1.54, 1.807) is 18.3 Å². The molecule has 0 aliphatic heterocycles. The molecule has 0 fully saturated rings. The lowest BCUT2D eigenvalue weighted by molar-refractivity contribution is 0.0952. The molecule has 2 aromatic carbocycles. The monoisotopic (exact) mass is 335 g/mol. The predicted molar refractivity (Wildman–Crippen MR) is 96.4 cm³/mol. The van der Waals surface area contributed by atoms with E-state index in [0.717, 1.165) is 24.3 Å². The molecule has 0 aliphatic rings. The van der Waals surface area contributed by atoms with Gasteiger partial charge in [0, 0.05) is 31.0 Å². The fourth-order valence-electron chi connectivity index (χ4n) is 2.42. The van der Waals surface area contributed by atoms with Gasteiger partial charge in [-0.2, -0.15) is 5.10 Å². The molecule has 0 saturated carbocycles. The Bertz CT molecular complexity index is 768. The zero-order valence-corrected chi connectivity index (χ0v) is 14.0. The maximum absolute atomic E-state index is 12.1. The normalized spacial score (nSPS) is 10.4. The van der Waals surface area contributed by atoms with Gasteiger partial charge >= 0.3 is 0 Å². The molecule has 1 heterocycles. The number of benzene rings is 2. The highest BCUT2D eigenvalue weighted by Crippen LogP contribution is 2.14. The van der Waals surface area contributed by atoms with Gasteiger partial charge in [0.05, 0.1) is 0 Å². The first-order valence-electron chi connectivity index (χ1n) is 8.34. The second kappa shape index (κ2) is 8.68. The Morgan fingerprint density at radius 1 is 1.04 bits per heavy atom. The van der Waals surface area contributed by atoms with Crippen molar-refractivity contribution in [3.8, 4) is 5.75 Å². The molecule has 1 N–H and O–H groups in total. The predicted octanol–water partition coefficient (Wildman–Crippen LogP) is 3.28. The van der Waals surface area contributed by atoms with Crippen molar-refractivity contribution in [1.29, 1.82) is 0 Å². The molecule has 1 amide bonds. The van der Waals surface area contributed by atoms with Crippen LogP contribution in [-0.4, -0.2) is 22.2 Å². The van der Waals surface area contributed by atoms with Gasteiger partial charge < -0.3 is 10.1 Å². The van der Waals surface area contributed by atoms with Gasteiger partial charge in [0.1, 0.15) is 12.4 Å². The van der Waals surface area contributed by atoms with Crippen LogP contribution in [0.5, 0.6) is 5.75 Å². The summed E-state index contributed by atoms with van der Waals surface area (Å²) in [6.45, 7) is 1.92. The fourth-order valence-corrected chi connectivity index (χ4v) is 2.42. The quantitative estimate of drug-likeness (QED) is 0.643. The Morgan fingerprint density at radius 2 is 1.84 bits per heavy atom. The molecule has 0 radical (unpaired) electrons. The summed E-state index contributed by atoms with van der Waals surface area (Å²) in [5.41, 5.74) is 1.74. The molecule has 0 atom stereocenters. The summed E-state index contributed by atoms with van der Waals surface area (Å²) >= 11 is 0. The highest BCUT2D eigenvalue weighted by atomic mass is 16.5. The van der Waals surface area contributed by atoms with Crippen LogP contribution in [0.3, 0.4) is 0 Å². The van der Waals surface area contributed by atoms with Crippen LogP contribution in [0, 0.1) is 0 Å². The Labute approximate surface area is 147 Å². The Kier molecular flexibility index (Phi) is 5.82. The van der Waals surface area contributed by atoms with Gasteiger partial charge in [0.2, 0.25) is 0 Å². The SMILES string of the molecule is O=C(NCCCn1cccn1)c1ccc(OCc2ccccc2)cc1. The summed E-state index contributed by atoms with van der Waals surface area (Å²) < 4.78 is 7.58. The molecule has 0 spiro atoms. The number of aromatic nitrogens is 2. The average Bonchev–Trinajstić information content (AvgIpc) is 3.18. The van der Waals surface area contributed by atoms with Crippen molar-refractivity contribution in [1.82, 2.24) is 15.1 Å². The first-order chi connectivity index (χ1) is 12.3. The van der Waals surface area contributed by atoms with Crippen LogP contribution >= 0.6 is 0 Å². The van der Waals surface area contributed by atoms with Crippen LogP contribution in [0.1, 0.15) is 22.3 Å². The van der Waals surface area contributed by atoms with Gasteiger partial charge in [-0.3, -0.25) is 9.48 Å². The van der Waals surface area contributed by atoms with E-state index in [1.807, 2.05) is 59.4 Å². The van der Waals surface area contributed by atoms with Gasteiger partial charge in [-0.15, -0.1) is 0 Å². The molecule has 5 heteroatoms. The average molecular weight is 335 g/mol. The van der Waals surface area contributed by atoms with Crippen molar-refractivity contribution in [3.05, 3.63) is 84.2 Å². The Balaban J connectivity index is 1.42. The number of carbonyl (C=O) groups is 1. The van der Waals surface area contributed by atoms with Crippen LogP contribution in [-0.2, 0) is 13.2 Å². The molecule has 25 heavy (non-hydrogen) atoms. The summed E-state index contributed by atoms with van der Waals surface area (Å²) in [5, 5.41) is 7.05. The number of amides is 1. The number of rotatable bonds is 8. The van der Waals surface area contributed by atoms with E-state index in [2.05, 4.69) is 10.4 Å². The smallest absolute Gasteiger partial charge is 0.251 e. The number of hydrogen-bond donors (Lipinski definition) is 1. The largest absolute Gasteiger partial charge is 0.489 e. The summed E-state index contributed by atoms with van der Waals surface area (Å²) in [5.74, 6) is 0.675. The summed E-state index contributed by atoms with van der Waals surface area (Å²) in [6, 6.07) is 19.1. The lowest BCUT2D eigenvalue weighted by atomic mass is 10.2. The van der Waals surface area contributed by atoms with Crippen molar-refractivity contribution < 1.29 is 9.53 Å². The van der Waals surface area contributed by atoms with Crippen molar-refractivity contribution in [3.63, 3.8) is 0 Å². The minimum atomic E-state index is -0.0740. The third kappa shape index (κ3) is 5.21. The van der Waals surface area contributed by atoms with E-state index in [1.165, 1.54) is 0 Å². The topological polar surface area (TPSA) is 56.2 Å². The third-order valence-corrected chi connectivity index (χ3v) is 3.77. The molecular weight excluding hydrogens is 314 g/mol. The van der Waals surface area contributed by atoms with Crippen molar-refractivity contribution >= 4 is 5.91 Å². The molecule has 3 rings (SSSR count). The van der Waals surface area contributed by atoms with E-state index in [4.69, 9.17) is 4.74 Å². The van der Waals surface area contributed by atoms with Gasteiger partial charge in [0.25, 0.3) is 5.91 Å². The minimum absolute atomic E-state index is 0.0740. The van der Waals surface area contributed by atoms with Crippen molar-refractivity contribution in [2.45, 2.75) is 19.6 Å². The Morgan fingerprint density at radius 3 is 2.56 bits per heavy atom. The second-order valence-electron chi connectivity index (χ2n) is 5.68. The molecule has 0 saturated heterocycles. The summed E-state index contributed by atoms with van der Waals surface area (Å²) in [7, 11) is 0. The maximum atomic E-state index is 12.1. The van der Waals surface area contributed by atoms with Crippen LogP contribution in [0.25, 0.3) is 0 Å². The number of carbonyl (C=O) groups excluding carboxylic acids is 1. The second-order valence-corrected chi connectivity index (χ2v) is 5.68. The standard InChI is InChI=1S/C20H21N3O2/c24-20(21-12-4-14-23-15-5-13-22-23)18-8-10-19(11-9-18)25-16-17-6-2-1-3-7-17/h1-3,5-11,13,15H,4,12,14,16H2,(H,21,24). The number of hydrogen-bond acceptors (Lipinski definition) is 3.